The van der Waals surface area contributed by atoms with Gasteiger partial charge in [-0.25, -0.2) is 8.42 Å². The monoisotopic (exact) mass is 323 g/mol. The molecule has 4 nitrogen and oxygen atoms in total. The van der Waals surface area contributed by atoms with E-state index in [1.165, 1.54) is 25.7 Å². The van der Waals surface area contributed by atoms with Crippen LogP contribution >= 0.6 is 0 Å². The summed E-state index contributed by atoms with van der Waals surface area (Å²) in [4.78, 5) is 0. The van der Waals surface area contributed by atoms with Crippen LogP contribution in [-0.4, -0.2) is 21.8 Å². The van der Waals surface area contributed by atoms with Crippen LogP contribution in [0, 0.1) is 11.8 Å². The van der Waals surface area contributed by atoms with Gasteiger partial charge in [-0.3, -0.25) is 4.72 Å². The number of anilines is 1. The van der Waals surface area contributed by atoms with Gasteiger partial charge >= 0.3 is 0 Å². The van der Waals surface area contributed by atoms with Crippen LogP contribution in [0.5, 0.6) is 5.75 Å². The van der Waals surface area contributed by atoms with Crippen molar-refractivity contribution in [2.24, 2.45) is 11.8 Å². The van der Waals surface area contributed by atoms with Gasteiger partial charge in [-0.1, -0.05) is 31.9 Å². The quantitative estimate of drug-likeness (QED) is 0.894. The van der Waals surface area contributed by atoms with E-state index in [1.54, 1.807) is 19.2 Å². The molecule has 122 valence electrons. The van der Waals surface area contributed by atoms with Gasteiger partial charge in [0.25, 0.3) is 0 Å². The van der Waals surface area contributed by atoms with Crippen LogP contribution in [0.1, 0.15) is 38.2 Å². The minimum atomic E-state index is -3.27. The highest BCUT2D eigenvalue weighted by Gasteiger charge is 2.16. The van der Waals surface area contributed by atoms with Crippen LogP contribution in [-0.2, 0) is 10.0 Å². The van der Waals surface area contributed by atoms with Crippen molar-refractivity contribution in [1.29, 1.82) is 0 Å². The second-order valence-electron chi connectivity index (χ2n) is 6.21. The minimum Gasteiger partial charge on any atom is -0.496 e. The highest BCUT2D eigenvalue weighted by atomic mass is 32.2. The number of ether oxygens (including phenoxy) is 1. The topological polar surface area (TPSA) is 55.4 Å². The van der Waals surface area contributed by atoms with Gasteiger partial charge in [-0.05, 0) is 42.9 Å². The first-order valence-electron chi connectivity index (χ1n) is 7.71. The molecule has 0 bridgehead atoms. The van der Waals surface area contributed by atoms with Crippen molar-refractivity contribution in [3.05, 3.63) is 29.8 Å². The van der Waals surface area contributed by atoms with E-state index in [4.69, 9.17) is 4.74 Å². The molecule has 0 heterocycles. The van der Waals surface area contributed by atoms with E-state index in [0.29, 0.717) is 11.6 Å². The molecule has 1 aliphatic rings. The summed E-state index contributed by atoms with van der Waals surface area (Å²) in [5.41, 5.74) is 1.45. The van der Waals surface area contributed by atoms with E-state index in [9.17, 15) is 8.42 Å². The van der Waals surface area contributed by atoms with E-state index in [0.717, 1.165) is 23.5 Å². The van der Waals surface area contributed by atoms with Gasteiger partial charge in [0, 0.05) is 11.3 Å². The van der Waals surface area contributed by atoms with Gasteiger partial charge in [0.1, 0.15) is 5.75 Å². The van der Waals surface area contributed by atoms with E-state index in [2.05, 4.69) is 17.7 Å². The number of rotatable bonds is 5. The van der Waals surface area contributed by atoms with E-state index in [-0.39, 0.29) is 0 Å². The lowest BCUT2D eigenvalue weighted by Crippen LogP contribution is -2.10. The summed E-state index contributed by atoms with van der Waals surface area (Å²) in [7, 11) is -1.65. The van der Waals surface area contributed by atoms with Gasteiger partial charge in [-0.2, -0.15) is 0 Å². The number of hydrogen-bond acceptors (Lipinski definition) is 3. The Bertz CT molecular complexity index is 629. The van der Waals surface area contributed by atoms with Crippen LogP contribution in [0.25, 0.3) is 6.08 Å². The molecule has 5 heteroatoms. The summed E-state index contributed by atoms with van der Waals surface area (Å²) in [6.45, 7) is 2.31. The molecule has 0 radical (unpaired) electrons. The smallest absolute Gasteiger partial charge is 0.229 e. The lowest BCUT2D eigenvalue weighted by Gasteiger charge is -2.23. The lowest BCUT2D eigenvalue weighted by molar-refractivity contribution is 0.331. The third-order valence-corrected chi connectivity index (χ3v) is 4.75. The zero-order valence-electron chi connectivity index (χ0n) is 13.5. The number of sulfonamides is 1. The fourth-order valence-corrected chi connectivity index (χ4v) is 3.42. The molecule has 2 rings (SSSR count). The predicted octanol–water partition coefficient (Wildman–Crippen LogP) is 3.91. The first-order valence-corrected chi connectivity index (χ1v) is 9.60. The Balaban J connectivity index is 2.15. The molecular weight excluding hydrogens is 298 g/mol. The highest BCUT2D eigenvalue weighted by Crippen LogP contribution is 2.31. The number of nitrogens with one attached hydrogen (secondary N) is 1. The number of hydrogen-bond donors (Lipinski definition) is 1. The standard InChI is InChI=1S/C17H25NO3S/c1-13-4-6-14(7-5-13)8-9-15-12-16(18-22(3,19)20)10-11-17(15)21-2/h8-14,18H,4-7H2,1-3H3/b9-8+/t13-,14-. The van der Waals surface area contributed by atoms with Crippen LogP contribution in [0.15, 0.2) is 24.3 Å². The Kier molecular flexibility index (Phi) is 5.51. The third kappa shape index (κ3) is 5.05. The van der Waals surface area contributed by atoms with Crippen molar-refractivity contribution < 1.29 is 13.2 Å². The van der Waals surface area contributed by atoms with Crippen LogP contribution in [0.4, 0.5) is 5.69 Å². The fraction of sp³-hybridized carbons (Fsp3) is 0.529. The zero-order valence-corrected chi connectivity index (χ0v) is 14.3. The fourth-order valence-electron chi connectivity index (χ4n) is 2.86. The Morgan fingerprint density at radius 2 is 1.91 bits per heavy atom. The normalized spacial score (nSPS) is 22.7. The number of methoxy groups -OCH3 is 1. The number of benzene rings is 1. The van der Waals surface area contributed by atoms with E-state index < -0.39 is 10.0 Å². The van der Waals surface area contributed by atoms with Crippen LogP contribution in [0.3, 0.4) is 0 Å². The van der Waals surface area contributed by atoms with Crippen molar-refractivity contribution >= 4 is 21.8 Å². The maximum absolute atomic E-state index is 11.3. The molecule has 0 unspecified atom stereocenters. The van der Waals surface area contributed by atoms with E-state index >= 15 is 0 Å². The molecule has 0 amide bonds. The highest BCUT2D eigenvalue weighted by molar-refractivity contribution is 7.92. The molecule has 0 saturated heterocycles. The minimum absolute atomic E-state index is 0.556. The number of allylic oxidation sites excluding steroid dienone is 1. The maximum Gasteiger partial charge on any atom is 0.229 e. The van der Waals surface area contributed by atoms with Gasteiger partial charge in [0.15, 0.2) is 0 Å². The molecule has 1 N–H and O–H groups in total. The average Bonchev–Trinajstić information content (AvgIpc) is 2.45. The van der Waals surface area contributed by atoms with Crippen molar-refractivity contribution in [2.75, 3.05) is 18.1 Å². The molecule has 1 saturated carbocycles. The summed E-state index contributed by atoms with van der Waals surface area (Å²) in [6.07, 6.45) is 10.4. The molecule has 0 spiro atoms. The van der Waals surface area contributed by atoms with Crippen LogP contribution in [0.2, 0.25) is 0 Å². The lowest BCUT2D eigenvalue weighted by atomic mass is 9.83. The van der Waals surface area contributed by atoms with Gasteiger partial charge in [0.2, 0.25) is 10.0 Å². The second-order valence-corrected chi connectivity index (χ2v) is 7.96. The van der Waals surface area contributed by atoms with Crippen molar-refractivity contribution in [3.63, 3.8) is 0 Å². The average molecular weight is 323 g/mol. The summed E-state index contributed by atoms with van der Waals surface area (Å²) >= 11 is 0. The van der Waals surface area contributed by atoms with Crippen LogP contribution < -0.4 is 9.46 Å². The molecule has 0 aliphatic heterocycles. The summed E-state index contributed by atoms with van der Waals surface area (Å²) in [5, 5.41) is 0. The molecule has 22 heavy (non-hydrogen) atoms. The first-order chi connectivity index (χ1) is 10.4. The summed E-state index contributed by atoms with van der Waals surface area (Å²) < 4.78 is 30.5. The van der Waals surface area contributed by atoms with E-state index in [1.807, 2.05) is 12.1 Å². The molecule has 0 atom stereocenters. The van der Waals surface area contributed by atoms with Gasteiger partial charge in [0.05, 0.1) is 13.4 Å². The predicted molar refractivity (Wildman–Crippen MR) is 91.6 cm³/mol. The van der Waals surface area contributed by atoms with Gasteiger partial charge < -0.3 is 4.74 Å². The Labute approximate surface area is 133 Å². The Hall–Kier alpha value is -1.49. The molecule has 0 aromatic heterocycles. The Morgan fingerprint density at radius 3 is 2.50 bits per heavy atom. The third-order valence-electron chi connectivity index (χ3n) is 4.14. The SMILES string of the molecule is COc1ccc(NS(C)(=O)=O)cc1/C=C/[C@H]1CC[C@H](C)CC1. The zero-order chi connectivity index (χ0) is 16.2. The Morgan fingerprint density at radius 1 is 1.23 bits per heavy atom. The largest absolute Gasteiger partial charge is 0.496 e. The maximum atomic E-state index is 11.3. The molecule has 1 aliphatic carbocycles. The van der Waals surface area contributed by atoms with Crippen molar-refractivity contribution in [3.8, 4) is 5.75 Å². The summed E-state index contributed by atoms with van der Waals surface area (Å²) in [6, 6.07) is 5.30. The molecule has 1 aromatic carbocycles. The van der Waals surface area contributed by atoms with Crippen molar-refractivity contribution in [1.82, 2.24) is 0 Å². The molecular formula is C17H25NO3S. The second kappa shape index (κ2) is 7.18. The summed E-state index contributed by atoms with van der Waals surface area (Å²) in [5.74, 6) is 2.19. The van der Waals surface area contributed by atoms with Crippen molar-refractivity contribution in [2.45, 2.75) is 32.6 Å². The molecule has 1 aromatic rings. The van der Waals surface area contributed by atoms with Gasteiger partial charge in [-0.15, -0.1) is 0 Å². The molecule has 1 fully saturated rings. The first kappa shape index (κ1) is 16.9.